The molecule has 2 amide bonds. The number of ether oxygens (including phenoxy) is 1. The largest absolute Gasteiger partial charge is 0.483 e. The van der Waals surface area contributed by atoms with Gasteiger partial charge in [-0.25, -0.2) is 0 Å². The van der Waals surface area contributed by atoms with E-state index in [-0.39, 0.29) is 25.0 Å². The first-order valence-electron chi connectivity index (χ1n) is 12.6. The van der Waals surface area contributed by atoms with Crippen molar-refractivity contribution in [2.45, 2.75) is 52.1 Å². The lowest BCUT2D eigenvalue weighted by molar-refractivity contribution is -0.142. The van der Waals surface area contributed by atoms with Gasteiger partial charge in [0.2, 0.25) is 5.91 Å². The number of hydrogen-bond acceptors (Lipinski definition) is 3. The maximum Gasteiger partial charge on any atom is 0.261 e. The molecule has 0 saturated carbocycles. The number of hydrogen-bond donors (Lipinski definition) is 1. The van der Waals surface area contributed by atoms with Crippen LogP contribution in [0.1, 0.15) is 49.8 Å². The van der Waals surface area contributed by atoms with E-state index in [9.17, 15) is 9.59 Å². The fourth-order valence-electron chi connectivity index (χ4n) is 3.95. The highest BCUT2D eigenvalue weighted by Gasteiger charge is 2.31. The summed E-state index contributed by atoms with van der Waals surface area (Å²) < 4.78 is 6.72. The lowest BCUT2D eigenvalue weighted by Crippen LogP contribution is -2.51. The number of nitrogens with one attached hydrogen (secondary N) is 1. The molecule has 0 heterocycles. The van der Waals surface area contributed by atoms with E-state index in [1.165, 1.54) is 5.56 Å². The molecule has 3 aromatic rings. The maximum atomic E-state index is 13.7. The predicted octanol–water partition coefficient (Wildman–Crippen LogP) is 6.77. The highest BCUT2D eigenvalue weighted by atomic mass is 79.9. The Bertz CT molecular complexity index is 1190. The van der Waals surface area contributed by atoms with Crippen LogP contribution in [0.5, 0.6) is 5.75 Å². The van der Waals surface area contributed by atoms with Crippen LogP contribution in [0.25, 0.3) is 0 Å². The average Bonchev–Trinajstić information content (AvgIpc) is 2.89. The Morgan fingerprint density at radius 3 is 2.38 bits per heavy atom. The number of halogens is 2. The van der Waals surface area contributed by atoms with Gasteiger partial charge < -0.3 is 15.0 Å². The summed E-state index contributed by atoms with van der Waals surface area (Å²) >= 11 is 10.0. The lowest BCUT2D eigenvalue weighted by atomic mass is 10.0. The van der Waals surface area contributed by atoms with E-state index in [1.54, 1.807) is 11.0 Å². The second kappa shape index (κ2) is 14.2. The van der Waals surface area contributed by atoms with Crippen LogP contribution >= 0.6 is 27.5 Å². The highest BCUT2D eigenvalue weighted by molar-refractivity contribution is 9.10. The highest BCUT2D eigenvalue weighted by Crippen LogP contribution is 2.29. The van der Waals surface area contributed by atoms with Crippen molar-refractivity contribution in [3.05, 3.63) is 99.0 Å². The molecule has 0 aromatic heterocycles. The van der Waals surface area contributed by atoms with Gasteiger partial charge in [-0.1, -0.05) is 87.0 Å². The van der Waals surface area contributed by atoms with Crippen molar-refractivity contribution in [1.82, 2.24) is 10.2 Å². The molecule has 0 radical (unpaired) electrons. The fourth-order valence-corrected chi connectivity index (χ4v) is 4.65. The zero-order valence-electron chi connectivity index (χ0n) is 21.5. The van der Waals surface area contributed by atoms with Crippen LogP contribution in [0, 0.1) is 0 Å². The Labute approximate surface area is 233 Å². The monoisotopic (exact) mass is 584 g/mol. The Kier molecular flexibility index (Phi) is 11.0. The minimum absolute atomic E-state index is 0.187. The van der Waals surface area contributed by atoms with Crippen LogP contribution in [0.3, 0.4) is 0 Å². The smallest absolute Gasteiger partial charge is 0.261 e. The number of carbonyl (C=O) groups is 2. The van der Waals surface area contributed by atoms with Gasteiger partial charge in [0.05, 0.1) is 4.47 Å². The fraction of sp³-hybridized carbons (Fsp3) is 0.333. The molecule has 5 nitrogen and oxygen atoms in total. The lowest BCUT2D eigenvalue weighted by Gasteiger charge is -2.31. The summed E-state index contributed by atoms with van der Waals surface area (Å²) in [5.41, 5.74) is 2.90. The molecule has 0 unspecified atom stereocenters. The molecule has 3 rings (SSSR count). The molecule has 0 aliphatic carbocycles. The van der Waals surface area contributed by atoms with E-state index in [2.05, 4.69) is 35.1 Å². The van der Waals surface area contributed by atoms with Crippen molar-refractivity contribution in [1.29, 1.82) is 0 Å². The van der Waals surface area contributed by atoms with Gasteiger partial charge in [0.15, 0.2) is 6.61 Å². The molecule has 0 aliphatic rings. The second-order valence-electron chi connectivity index (χ2n) is 9.24. The molecular weight excluding hydrogens is 552 g/mol. The average molecular weight is 586 g/mol. The van der Waals surface area contributed by atoms with Gasteiger partial charge in [-0.3, -0.25) is 9.59 Å². The minimum Gasteiger partial charge on any atom is -0.483 e. The molecule has 0 fully saturated rings. The first kappa shape index (κ1) is 28.7. The molecule has 0 saturated heterocycles. The molecule has 3 aromatic carbocycles. The van der Waals surface area contributed by atoms with Gasteiger partial charge in [-0.2, -0.15) is 0 Å². The Balaban J connectivity index is 1.90. The Morgan fingerprint density at radius 1 is 1.03 bits per heavy atom. The van der Waals surface area contributed by atoms with E-state index in [0.717, 1.165) is 22.0 Å². The molecule has 0 spiro atoms. The standard InChI is InChI=1S/C30H34BrClN2O3/c1-4-16-33-30(36)27(17-22-10-6-5-7-11-22)34(19-24-12-8-9-13-26(24)32)29(35)20-37-28-15-14-23(21(2)3)18-25(28)31/h5-15,18,21,27H,4,16-17,19-20H2,1-3H3,(H,33,36)/t27-/m0/s1. The first-order chi connectivity index (χ1) is 17.8. The first-order valence-corrected chi connectivity index (χ1v) is 13.7. The molecule has 37 heavy (non-hydrogen) atoms. The maximum absolute atomic E-state index is 13.7. The third kappa shape index (κ3) is 8.34. The Morgan fingerprint density at radius 2 is 1.73 bits per heavy atom. The molecule has 0 bridgehead atoms. The van der Waals surface area contributed by atoms with Crippen molar-refractivity contribution in [2.24, 2.45) is 0 Å². The van der Waals surface area contributed by atoms with Crippen molar-refractivity contribution in [2.75, 3.05) is 13.2 Å². The van der Waals surface area contributed by atoms with Gasteiger partial charge in [0.1, 0.15) is 11.8 Å². The zero-order chi connectivity index (χ0) is 26.8. The van der Waals surface area contributed by atoms with Crippen LogP contribution in [-0.2, 0) is 22.6 Å². The van der Waals surface area contributed by atoms with E-state index < -0.39 is 6.04 Å². The van der Waals surface area contributed by atoms with E-state index in [4.69, 9.17) is 16.3 Å². The summed E-state index contributed by atoms with van der Waals surface area (Å²) in [6.45, 7) is 6.74. The van der Waals surface area contributed by atoms with Crippen molar-refractivity contribution in [3.63, 3.8) is 0 Å². The van der Waals surface area contributed by atoms with E-state index in [0.29, 0.717) is 29.7 Å². The third-order valence-corrected chi connectivity index (χ3v) is 7.08. The summed E-state index contributed by atoms with van der Waals surface area (Å²) in [6.07, 6.45) is 1.17. The number of amides is 2. The van der Waals surface area contributed by atoms with Gasteiger partial charge in [0, 0.05) is 24.5 Å². The minimum atomic E-state index is -0.729. The van der Waals surface area contributed by atoms with E-state index >= 15 is 0 Å². The van der Waals surface area contributed by atoms with Gasteiger partial charge in [0.25, 0.3) is 5.91 Å². The SMILES string of the molecule is CCCNC(=O)[C@H](Cc1ccccc1)N(Cc1ccccc1Cl)C(=O)COc1ccc(C(C)C)cc1Br. The van der Waals surface area contributed by atoms with Gasteiger partial charge in [-0.15, -0.1) is 0 Å². The molecule has 1 N–H and O–H groups in total. The normalized spacial score (nSPS) is 11.7. The van der Waals surface area contributed by atoms with Crippen LogP contribution < -0.4 is 10.1 Å². The van der Waals surface area contributed by atoms with Gasteiger partial charge in [-0.05, 0) is 63.2 Å². The molecule has 1 atom stereocenters. The van der Waals surface area contributed by atoms with E-state index in [1.807, 2.05) is 73.7 Å². The van der Waals surface area contributed by atoms with Gasteiger partial charge >= 0.3 is 0 Å². The summed E-state index contributed by atoms with van der Waals surface area (Å²) in [5.74, 6) is 0.449. The molecular formula is C30H34BrClN2O3. The number of benzene rings is 3. The third-order valence-electron chi connectivity index (χ3n) is 6.09. The topological polar surface area (TPSA) is 58.6 Å². The number of rotatable bonds is 12. The summed E-state index contributed by atoms with van der Waals surface area (Å²) in [4.78, 5) is 28.6. The van der Waals surface area contributed by atoms with Crippen LogP contribution in [0.4, 0.5) is 0 Å². The van der Waals surface area contributed by atoms with Crippen LogP contribution in [0.15, 0.2) is 77.3 Å². The molecule has 196 valence electrons. The Hall–Kier alpha value is -2.83. The molecule has 0 aliphatic heterocycles. The van der Waals surface area contributed by atoms with Crippen LogP contribution in [0.2, 0.25) is 5.02 Å². The molecule has 7 heteroatoms. The summed E-state index contributed by atoms with van der Waals surface area (Å²) in [5, 5.41) is 3.52. The van der Waals surface area contributed by atoms with Crippen molar-refractivity contribution < 1.29 is 14.3 Å². The van der Waals surface area contributed by atoms with Crippen molar-refractivity contribution in [3.8, 4) is 5.75 Å². The zero-order valence-corrected chi connectivity index (χ0v) is 23.9. The second-order valence-corrected chi connectivity index (χ2v) is 10.5. The predicted molar refractivity (Wildman–Crippen MR) is 153 cm³/mol. The summed E-state index contributed by atoms with van der Waals surface area (Å²) in [6, 6.07) is 22.2. The summed E-state index contributed by atoms with van der Waals surface area (Å²) in [7, 11) is 0. The number of nitrogens with zero attached hydrogens (tertiary/aromatic N) is 1. The quantitative estimate of drug-likeness (QED) is 0.255. The van der Waals surface area contributed by atoms with Crippen LogP contribution in [-0.4, -0.2) is 35.9 Å². The van der Waals surface area contributed by atoms with Crippen molar-refractivity contribution >= 4 is 39.3 Å². The number of carbonyl (C=O) groups excluding carboxylic acids is 2.